The van der Waals surface area contributed by atoms with Gasteiger partial charge in [0.05, 0.1) is 5.57 Å². The minimum Gasteiger partial charge on any atom is -0.366 e. The molecule has 2 aliphatic rings. The Hall–Kier alpha value is -2.17. The van der Waals surface area contributed by atoms with Gasteiger partial charge in [0.25, 0.3) is 11.8 Å². The number of rotatable bonds is 6. The van der Waals surface area contributed by atoms with E-state index in [-0.39, 0.29) is 17.6 Å². The third kappa shape index (κ3) is 3.67. The molecule has 3 rings (SSSR count). The molecular formula is C21H27FN2O2. The molecule has 4 nitrogen and oxygen atoms in total. The lowest BCUT2D eigenvalue weighted by atomic mass is 9.97. The Balaban J connectivity index is 1.95. The van der Waals surface area contributed by atoms with Gasteiger partial charge >= 0.3 is 0 Å². The second-order valence-corrected chi connectivity index (χ2v) is 7.37. The molecule has 5 heteroatoms. The summed E-state index contributed by atoms with van der Waals surface area (Å²) in [6.45, 7) is 6.32. The molecule has 0 atom stereocenters. The highest BCUT2D eigenvalue weighted by Gasteiger charge is 2.41. The van der Waals surface area contributed by atoms with Gasteiger partial charge in [-0.05, 0) is 42.9 Å². The topological polar surface area (TPSA) is 40.6 Å². The van der Waals surface area contributed by atoms with E-state index < -0.39 is 0 Å². The van der Waals surface area contributed by atoms with Crippen LogP contribution in [0.2, 0.25) is 0 Å². The van der Waals surface area contributed by atoms with Crippen molar-refractivity contribution in [3.05, 3.63) is 41.3 Å². The Labute approximate surface area is 154 Å². The maximum absolute atomic E-state index is 13.3. The second-order valence-electron chi connectivity index (χ2n) is 7.37. The largest absolute Gasteiger partial charge is 0.366 e. The monoisotopic (exact) mass is 358 g/mol. The number of imide groups is 1. The molecule has 0 unspecified atom stereocenters. The standard InChI is InChI=1S/C21H27FN2O2/c1-3-4-5-12-24-20(25)18(16-6-8-17(22)9-7-16)19(21(24)26)23-13-10-15(2)11-14-23/h6-9,15H,3-5,10-14H2,1-2H3. The summed E-state index contributed by atoms with van der Waals surface area (Å²) in [5.41, 5.74) is 1.56. The molecule has 0 saturated carbocycles. The van der Waals surface area contributed by atoms with Crippen LogP contribution in [0.3, 0.4) is 0 Å². The molecule has 2 amide bonds. The number of nitrogens with zero attached hydrogens (tertiary/aromatic N) is 2. The van der Waals surface area contributed by atoms with Crippen molar-refractivity contribution in [2.24, 2.45) is 5.92 Å². The number of likely N-dealkylation sites (tertiary alicyclic amines) is 1. The molecule has 0 N–H and O–H groups in total. The van der Waals surface area contributed by atoms with E-state index in [1.807, 2.05) is 0 Å². The molecule has 0 radical (unpaired) electrons. The predicted molar refractivity (Wildman–Crippen MR) is 99.5 cm³/mol. The third-order valence-electron chi connectivity index (χ3n) is 5.36. The maximum Gasteiger partial charge on any atom is 0.277 e. The van der Waals surface area contributed by atoms with Gasteiger partial charge in [-0.3, -0.25) is 14.5 Å². The molecule has 2 heterocycles. The highest BCUT2D eigenvalue weighted by molar-refractivity contribution is 6.35. The molecule has 2 aliphatic heterocycles. The molecule has 0 bridgehead atoms. The number of piperidine rings is 1. The average molecular weight is 358 g/mol. The van der Waals surface area contributed by atoms with E-state index in [1.54, 1.807) is 12.1 Å². The van der Waals surface area contributed by atoms with Crippen molar-refractivity contribution in [1.29, 1.82) is 0 Å². The second kappa shape index (κ2) is 8.02. The van der Waals surface area contributed by atoms with Crippen molar-refractivity contribution in [3.8, 4) is 0 Å². The molecule has 0 aliphatic carbocycles. The highest BCUT2D eigenvalue weighted by atomic mass is 19.1. The van der Waals surface area contributed by atoms with Crippen molar-refractivity contribution in [2.75, 3.05) is 19.6 Å². The smallest absolute Gasteiger partial charge is 0.277 e. The first-order chi connectivity index (χ1) is 12.5. The number of hydrogen-bond donors (Lipinski definition) is 0. The molecule has 140 valence electrons. The predicted octanol–water partition coefficient (Wildman–Crippen LogP) is 3.83. The molecule has 1 aromatic carbocycles. The van der Waals surface area contributed by atoms with E-state index in [2.05, 4.69) is 18.7 Å². The van der Waals surface area contributed by atoms with Crippen LogP contribution in [0.4, 0.5) is 4.39 Å². The highest BCUT2D eigenvalue weighted by Crippen LogP contribution is 2.34. The van der Waals surface area contributed by atoms with Crippen molar-refractivity contribution >= 4 is 17.4 Å². The quantitative estimate of drug-likeness (QED) is 0.573. The maximum atomic E-state index is 13.3. The summed E-state index contributed by atoms with van der Waals surface area (Å²) in [6, 6.07) is 5.88. The lowest BCUT2D eigenvalue weighted by Crippen LogP contribution is -2.38. The Kier molecular flexibility index (Phi) is 5.74. The number of benzene rings is 1. The van der Waals surface area contributed by atoms with Gasteiger partial charge in [0.15, 0.2) is 0 Å². The van der Waals surface area contributed by atoms with Crippen LogP contribution < -0.4 is 0 Å². The van der Waals surface area contributed by atoms with E-state index in [9.17, 15) is 14.0 Å². The van der Waals surface area contributed by atoms with E-state index >= 15 is 0 Å². The summed E-state index contributed by atoms with van der Waals surface area (Å²) in [5.74, 6) is -0.153. The van der Waals surface area contributed by atoms with Crippen LogP contribution in [0.5, 0.6) is 0 Å². The van der Waals surface area contributed by atoms with Gasteiger partial charge in [-0.15, -0.1) is 0 Å². The van der Waals surface area contributed by atoms with Gasteiger partial charge in [-0.1, -0.05) is 38.8 Å². The number of unbranched alkanes of at least 4 members (excludes halogenated alkanes) is 2. The lowest BCUT2D eigenvalue weighted by molar-refractivity contribution is -0.137. The summed E-state index contributed by atoms with van der Waals surface area (Å²) in [4.78, 5) is 29.5. The number of carbonyl (C=O) groups excluding carboxylic acids is 2. The van der Waals surface area contributed by atoms with Gasteiger partial charge < -0.3 is 4.90 Å². The first-order valence-electron chi connectivity index (χ1n) is 9.64. The average Bonchev–Trinajstić information content (AvgIpc) is 2.88. The van der Waals surface area contributed by atoms with Crippen LogP contribution >= 0.6 is 0 Å². The summed E-state index contributed by atoms with van der Waals surface area (Å²) in [7, 11) is 0. The Morgan fingerprint density at radius 2 is 1.69 bits per heavy atom. The van der Waals surface area contributed by atoms with Gasteiger partial charge in [0, 0.05) is 19.6 Å². The van der Waals surface area contributed by atoms with Gasteiger partial charge in [0.1, 0.15) is 11.5 Å². The lowest BCUT2D eigenvalue weighted by Gasteiger charge is -2.32. The van der Waals surface area contributed by atoms with E-state index in [4.69, 9.17) is 0 Å². The summed E-state index contributed by atoms with van der Waals surface area (Å²) in [5, 5.41) is 0. The fourth-order valence-corrected chi connectivity index (χ4v) is 3.69. The van der Waals surface area contributed by atoms with Crippen LogP contribution in [-0.4, -0.2) is 41.2 Å². The zero-order chi connectivity index (χ0) is 18.7. The zero-order valence-electron chi connectivity index (χ0n) is 15.6. The summed E-state index contributed by atoms with van der Waals surface area (Å²) >= 11 is 0. The van der Waals surface area contributed by atoms with Gasteiger partial charge in [0.2, 0.25) is 0 Å². The van der Waals surface area contributed by atoms with Crippen molar-refractivity contribution in [1.82, 2.24) is 9.80 Å². The Morgan fingerprint density at radius 1 is 1.04 bits per heavy atom. The van der Waals surface area contributed by atoms with Crippen LogP contribution in [0.25, 0.3) is 5.57 Å². The number of amides is 2. The van der Waals surface area contributed by atoms with Crippen molar-refractivity contribution < 1.29 is 14.0 Å². The minimum absolute atomic E-state index is 0.194. The minimum atomic E-state index is -0.348. The Bertz CT molecular complexity index is 703. The summed E-state index contributed by atoms with van der Waals surface area (Å²) < 4.78 is 13.3. The molecule has 1 aromatic rings. The zero-order valence-corrected chi connectivity index (χ0v) is 15.6. The normalized spacial score (nSPS) is 19.0. The van der Waals surface area contributed by atoms with Crippen LogP contribution in [0.1, 0.15) is 51.5 Å². The molecular weight excluding hydrogens is 331 g/mol. The first kappa shape index (κ1) is 18.6. The van der Waals surface area contributed by atoms with Crippen LogP contribution in [0.15, 0.2) is 30.0 Å². The number of halogens is 1. The van der Waals surface area contributed by atoms with E-state index in [0.717, 1.165) is 45.2 Å². The van der Waals surface area contributed by atoms with E-state index in [0.29, 0.717) is 29.3 Å². The van der Waals surface area contributed by atoms with Crippen LogP contribution in [-0.2, 0) is 9.59 Å². The van der Waals surface area contributed by atoms with Gasteiger partial charge in [-0.2, -0.15) is 0 Å². The van der Waals surface area contributed by atoms with E-state index in [1.165, 1.54) is 17.0 Å². The van der Waals surface area contributed by atoms with Crippen LogP contribution in [0, 0.1) is 11.7 Å². The molecule has 0 aromatic heterocycles. The third-order valence-corrected chi connectivity index (χ3v) is 5.36. The van der Waals surface area contributed by atoms with Gasteiger partial charge in [-0.25, -0.2) is 4.39 Å². The molecule has 0 spiro atoms. The fraction of sp³-hybridized carbons (Fsp3) is 0.524. The van der Waals surface area contributed by atoms with Crippen molar-refractivity contribution in [3.63, 3.8) is 0 Å². The first-order valence-corrected chi connectivity index (χ1v) is 9.64. The molecule has 1 fully saturated rings. The number of hydrogen-bond acceptors (Lipinski definition) is 3. The Morgan fingerprint density at radius 3 is 2.31 bits per heavy atom. The fourth-order valence-electron chi connectivity index (χ4n) is 3.69. The number of carbonyl (C=O) groups is 2. The SMILES string of the molecule is CCCCCN1C(=O)C(c2ccc(F)cc2)=C(N2CCC(C)CC2)C1=O. The summed E-state index contributed by atoms with van der Waals surface area (Å²) in [6.07, 6.45) is 4.86. The van der Waals surface area contributed by atoms with Crippen molar-refractivity contribution in [2.45, 2.75) is 46.0 Å². The molecule has 1 saturated heterocycles. The molecule has 26 heavy (non-hydrogen) atoms.